The number of rotatable bonds is 1. The average Bonchev–Trinajstić information content (AvgIpc) is 2.71. The molecule has 0 atom stereocenters. The minimum Gasteiger partial charge on any atom is -0.258 e. The third-order valence-electron chi connectivity index (χ3n) is 1.78. The number of fused-ring (bicyclic) bond motifs is 1. The predicted octanol–water partition coefficient (Wildman–Crippen LogP) is 3.91. The molecule has 0 fully saturated rings. The molecular weight excluding hydrogens is 281 g/mol. The quantitative estimate of drug-likeness (QED) is 0.798. The molecule has 0 bridgehead atoms. The minimum atomic E-state index is 0.0725. The van der Waals surface area contributed by atoms with E-state index < -0.39 is 0 Å². The number of aromatic nitrogens is 3. The van der Waals surface area contributed by atoms with Gasteiger partial charge in [-0.05, 0) is 22.9 Å². The molecule has 3 nitrogen and oxygen atoms in total. The summed E-state index contributed by atoms with van der Waals surface area (Å²) in [6.45, 7) is 5.82. The number of hydrogen-bond acceptors (Lipinski definition) is 3. The van der Waals surface area contributed by atoms with Crippen molar-refractivity contribution in [2.45, 2.75) is 20.8 Å². The highest BCUT2D eigenvalue weighted by atomic mass is 79.9. The molecule has 0 N–H and O–H groups in total. The van der Waals surface area contributed by atoms with Crippen molar-refractivity contribution in [3.05, 3.63) is 22.6 Å². The zero-order valence-corrected chi connectivity index (χ0v) is 11.1. The van der Waals surface area contributed by atoms with Crippen molar-refractivity contribution in [2.75, 3.05) is 0 Å². The highest BCUT2D eigenvalue weighted by Gasteiger charge is 2.09. The molecule has 82 valence electrons. The van der Waals surface area contributed by atoms with Crippen molar-refractivity contribution in [3.8, 4) is 0 Å². The van der Waals surface area contributed by atoms with E-state index >= 15 is 0 Å². The zero-order valence-electron chi connectivity index (χ0n) is 8.66. The Balaban J connectivity index is 0.000000531. The van der Waals surface area contributed by atoms with Crippen LogP contribution < -0.4 is 0 Å². The number of pyridine rings is 1. The first-order chi connectivity index (χ1) is 7.24. The Hall–Kier alpha value is -0.620. The van der Waals surface area contributed by atoms with Crippen molar-refractivity contribution in [2.24, 2.45) is 0 Å². The van der Waals surface area contributed by atoms with E-state index in [1.54, 1.807) is 12.4 Å². The highest BCUT2D eigenvalue weighted by molar-refractivity contribution is 9.10. The third-order valence-corrected chi connectivity index (χ3v) is 2.81. The molecule has 0 unspecified atom stereocenters. The van der Waals surface area contributed by atoms with Crippen LogP contribution in [0.2, 0.25) is 0 Å². The summed E-state index contributed by atoms with van der Waals surface area (Å²) in [6, 6.07) is 0. The lowest BCUT2D eigenvalue weighted by Gasteiger charge is -1.98. The molecule has 2 aromatic heterocycles. The smallest absolute Gasteiger partial charge is 0.188 e. The fourth-order valence-corrected chi connectivity index (χ4v) is 1.95. The van der Waals surface area contributed by atoms with Gasteiger partial charge in [-0.25, -0.2) is 0 Å². The zero-order chi connectivity index (χ0) is 11.4. The SMILES string of the molecule is CC.Cc1ncc(Br)c2cnn(SF)c12. The first-order valence-electron chi connectivity index (χ1n) is 4.52. The Morgan fingerprint density at radius 2 is 2.07 bits per heavy atom. The second-order valence-electron chi connectivity index (χ2n) is 2.54. The van der Waals surface area contributed by atoms with E-state index in [2.05, 4.69) is 26.0 Å². The highest BCUT2D eigenvalue weighted by Crippen LogP contribution is 2.27. The van der Waals surface area contributed by atoms with Crippen LogP contribution in [-0.2, 0) is 0 Å². The molecule has 0 radical (unpaired) electrons. The van der Waals surface area contributed by atoms with Crippen LogP contribution in [0.4, 0.5) is 3.89 Å². The van der Waals surface area contributed by atoms with Gasteiger partial charge >= 0.3 is 0 Å². The van der Waals surface area contributed by atoms with Gasteiger partial charge in [-0.2, -0.15) is 9.19 Å². The van der Waals surface area contributed by atoms with Gasteiger partial charge < -0.3 is 0 Å². The fraction of sp³-hybridized carbons (Fsp3) is 0.333. The van der Waals surface area contributed by atoms with Crippen LogP contribution in [0.3, 0.4) is 0 Å². The van der Waals surface area contributed by atoms with Gasteiger partial charge in [-0.3, -0.25) is 4.98 Å². The second-order valence-corrected chi connectivity index (χ2v) is 3.88. The van der Waals surface area contributed by atoms with Crippen molar-refractivity contribution >= 4 is 39.2 Å². The number of nitrogens with zero attached hydrogens (tertiary/aromatic N) is 3. The van der Waals surface area contributed by atoms with E-state index in [1.165, 1.54) is 4.09 Å². The third kappa shape index (κ3) is 2.31. The molecule has 0 aliphatic heterocycles. The average molecular weight is 292 g/mol. The first-order valence-corrected chi connectivity index (χ1v) is 5.98. The van der Waals surface area contributed by atoms with Crippen LogP contribution in [-0.4, -0.2) is 14.2 Å². The van der Waals surface area contributed by atoms with Crippen molar-refractivity contribution in [3.63, 3.8) is 0 Å². The molecule has 0 amide bonds. The first kappa shape index (κ1) is 12.4. The topological polar surface area (TPSA) is 30.7 Å². The fourth-order valence-electron chi connectivity index (χ4n) is 1.18. The maximum Gasteiger partial charge on any atom is 0.188 e. The Kier molecular flexibility index (Phi) is 4.53. The molecule has 2 aromatic rings. The summed E-state index contributed by atoms with van der Waals surface area (Å²) >= 11 is 3.40. The molecule has 0 saturated heterocycles. The molecule has 0 aliphatic carbocycles. The maximum atomic E-state index is 12.4. The lowest BCUT2D eigenvalue weighted by molar-refractivity contribution is 0.886. The lowest BCUT2D eigenvalue weighted by Crippen LogP contribution is -1.90. The van der Waals surface area contributed by atoms with Crippen LogP contribution in [0.1, 0.15) is 19.5 Å². The van der Waals surface area contributed by atoms with Gasteiger partial charge in [0.05, 0.1) is 11.9 Å². The summed E-state index contributed by atoms with van der Waals surface area (Å²) in [5.41, 5.74) is 1.47. The molecule has 0 saturated carbocycles. The molecule has 0 spiro atoms. The van der Waals surface area contributed by atoms with Crippen LogP contribution >= 0.6 is 28.3 Å². The van der Waals surface area contributed by atoms with Crippen molar-refractivity contribution in [1.29, 1.82) is 0 Å². The molecule has 0 aliphatic rings. The van der Waals surface area contributed by atoms with Crippen LogP contribution in [0.5, 0.6) is 0 Å². The van der Waals surface area contributed by atoms with Crippen LogP contribution in [0.15, 0.2) is 16.9 Å². The lowest BCUT2D eigenvalue weighted by atomic mass is 10.3. The number of hydrogen-bond donors (Lipinski definition) is 0. The maximum absolute atomic E-state index is 12.4. The van der Waals surface area contributed by atoms with Crippen LogP contribution in [0, 0.1) is 6.92 Å². The molecular formula is C9H11BrFN3S. The normalized spacial score (nSPS) is 9.93. The molecule has 6 heteroatoms. The Labute approximate surface area is 101 Å². The summed E-state index contributed by atoms with van der Waals surface area (Å²) in [6.07, 6.45) is 3.30. The number of halogens is 2. The molecule has 2 heterocycles. The standard InChI is InChI=1S/C7H5BrFN3S.C2H6/c1-4-7-5(6(8)3-10-4)2-11-12(7)13-9;1-2/h2-3H,1H3;1-2H3. The van der Waals surface area contributed by atoms with Gasteiger partial charge in [0, 0.05) is 16.1 Å². The summed E-state index contributed by atoms with van der Waals surface area (Å²) in [4.78, 5) is 4.10. The monoisotopic (exact) mass is 291 g/mol. The summed E-state index contributed by atoms with van der Waals surface area (Å²) < 4.78 is 14.4. The van der Waals surface area contributed by atoms with Gasteiger partial charge in [0.2, 0.25) is 0 Å². The Bertz CT molecular complexity index is 458. The molecule has 15 heavy (non-hydrogen) atoms. The van der Waals surface area contributed by atoms with Gasteiger partial charge in [-0.1, -0.05) is 13.8 Å². The number of aryl methyl sites for hydroxylation is 1. The van der Waals surface area contributed by atoms with E-state index in [0.29, 0.717) is 5.52 Å². The molecule has 2 rings (SSSR count). The Morgan fingerprint density at radius 3 is 2.67 bits per heavy atom. The van der Waals surface area contributed by atoms with E-state index in [0.717, 1.165) is 15.6 Å². The summed E-state index contributed by atoms with van der Waals surface area (Å²) in [5, 5.41) is 4.74. The van der Waals surface area contributed by atoms with E-state index in [4.69, 9.17) is 0 Å². The van der Waals surface area contributed by atoms with Crippen molar-refractivity contribution < 1.29 is 3.89 Å². The van der Waals surface area contributed by atoms with Gasteiger partial charge in [0.15, 0.2) is 12.3 Å². The Morgan fingerprint density at radius 1 is 1.40 bits per heavy atom. The predicted molar refractivity (Wildman–Crippen MR) is 65.4 cm³/mol. The van der Waals surface area contributed by atoms with E-state index in [-0.39, 0.29) is 12.3 Å². The van der Waals surface area contributed by atoms with Gasteiger partial charge in [-0.15, -0.1) is 3.89 Å². The summed E-state index contributed by atoms with van der Waals surface area (Å²) in [7, 11) is 0. The summed E-state index contributed by atoms with van der Waals surface area (Å²) in [5.74, 6) is 0. The second kappa shape index (κ2) is 5.46. The van der Waals surface area contributed by atoms with Gasteiger partial charge in [0.1, 0.15) is 5.52 Å². The molecule has 0 aromatic carbocycles. The van der Waals surface area contributed by atoms with Crippen molar-refractivity contribution in [1.82, 2.24) is 14.2 Å². The van der Waals surface area contributed by atoms with E-state index in [1.807, 2.05) is 20.8 Å². The van der Waals surface area contributed by atoms with E-state index in [9.17, 15) is 3.89 Å². The minimum absolute atomic E-state index is 0.0725. The van der Waals surface area contributed by atoms with Crippen LogP contribution in [0.25, 0.3) is 10.9 Å². The van der Waals surface area contributed by atoms with Gasteiger partial charge in [0.25, 0.3) is 0 Å². The largest absolute Gasteiger partial charge is 0.258 e.